The minimum absolute atomic E-state index is 0. The van der Waals surface area contributed by atoms with Crippen molar-refractivity contribution in [2.24, 2.45) is 5.73 Å². The van der Waals surface area contributed by atoms with Crippen molar-refractivity contribution in [3.63, 3.8) is 0 Å². The van der Waals surface area contributed by atoms with Crippen molar-refractivity contribution in [1.82, 2.24) is 0 Å². The molecule has 0 spiro atoms. The fourth-order valence-electron chi connectivity index (χ4n) is 1.63. The van der Waals surface area contributed by atoms with Gasteiger partial charge in [-0.05, 0) is 37.1 Å². The molecule has 0 unspecified atom stereocenters. The molecule has 0 aromatic heterocycles. The molecule has 0 atom stereocenters. The van der Waals surface area contributed by atoms with Crippen LogP contribution in [-0.2, 0) is 6.42 Å². The predicted molar refractivity (Wildman–Crippen MR) is 79.9 cm³/mol. The summed E-state index contributed by atoms with van der Waals surface area (Å²) in [5, 5.41) is 0. The van der Waals surface area contributed by atoms with Crippen LogP contribution < -0.4 is 19.9 Å². The predicted octanol–water partition coefficient (Wildman–Crippen LogP) is 2.58. The van der Waals surface area contributed by atoms with Gasteiger partial charge in [-0.15, -0.1) is 19.0 Å². The van der Waals surface area contributed by atoms with E-state index in [2.05, 4.69) is 6.58 Å². The lowest BCUT2D eigenvalue weighted by Crippen LogP contribution is -2.05. The first-order valence-electron chi connectivity index (χ1n) is 5.95. The summed E-state index contributed by atoms with van der Waals surface area (Å²) in [5.74, 6) is 1.96. The van der Waals surface area contributed by atoms with Crippen LogP contribution >= 0.6 is 12.4 Å². The molecule has 1 aromatic carbocycles. The first-order valence-corrected chi connectivity index (χ1v) is 5.95. The Morgan fingerprint density at radius 2 is 1.79 bits per heavy atom. The Hall–Kier alpha value is -1.39. The first-order chi connectivity index (χ1) is 8.76. The van der Waals surface area contributed by atoms with E-state index in [0.29, 0.717) is 30.4 Å². The quantitative estimate of drug-likeness (QED) is 0.590. The third-order valence-electron chi connectivity index (χ3n) is 2.52. The summed E-state index contributed by atoms with van der Waals surface area (Å²) >= 11 is 0. The average Bonchev–Trinajstić information content (AvgIpc) is 2.40. The monoisotopic (exact) mass is 287 g/mol. The molecule has 0 saturated carbocycles. The van der Waals surface area contributed by atoms with Gasteiger partial charge in [0.05, 0.1) is 20.8 Å². The van der Waals surface area contributed by atoms with E-state index in [1.54, 1.807) is 14.2 Å². The molecule has 0 saturated heterocycles. The summed E-state index contributed by atoms with van der Waals surface area (Å²) in [5.41, 5.74) is 6.63. The van der Waals surface area contributed by atoms with Gasteiger partial charge in [0.15, 0.2) is 11.5 Å². The van der Waals surface area contributed by atoms with Gasteiger partial charge in [-0.3, -0.25) is 0 Å². The number of halogens is 1. The Bertz CT molecular complexity index is 371. The molecule has 4 nitrogen and oxygen atoms in total. The van der Waals surface area contributed by atoms with E-state index < -0.39 is 0 Å². The molecular weight excluding hydrogens is 266 g/mol. The zero-order chi connectivity index (χ0) is 13.4. The van der Waals surface area contributed by atoms with Crippen LogP contribution in [0.1, 0.15) is 12.0 Å². The highest BCUT2D eigenvalue weighted by atomic mass is 35.5. The number of nitrogens with two attached hydrogens (primary N) is 1. The largest absolute Gasteiger partial charge is 0.493 e. The Labute approximate surface area is 120 Å². The first kappa shape index (κ1) is 17.6. The molecule has 2 N–H and O–H groups in total. The maximum Gasteiger partial charge on any atom is 0.203 e. The van der Waals surface area contributed by atoms with Gasteiger partial charge in [-0.1, -0.05) is 6.08 Å². The van der Waals surface area contributed by atoms with Gasteiger partial charge in [0.1, 0.15) is 0 Å². The molecule has 0 fully saturated rings. The SMILES string of the molecule is C=CCCOc1c(OC)cc(CCN)cc1OC.Cl. The van der Waals surface area contributed by atoms with Crippen LogP contribution in [0.5, 0.6) is 17.2 Å². The van der Waals surface area contributed by atoms with E-state index in [1.165, 1.54) is 0 Å². The Morgan fingerprint density at radius 1 is 1.21 bits per heavy atom. The van der Waals surface area contributed by atoms with E-state index in [0.717, 1.165) is 18.4 Å². The molecule has 0 amide bonds. The second-order valence-corrected chi connectivity index (χ2v) is 3.79. The van der Waals surface area contributed by atoms with Gasteiger partial charge in [0, 0.05) is 0 Å². The number of methoxy groups -OCH3 is 2. The molecule has 5 heteroatoms. The third-order valence-corrected chi connectivity index (χ3v) is 2.52. The van der Waals surface area contributed by atoms with Crippen LogP contribution in [0.3, 0.4) is 0 Å². The molecule has 0 aliphatic carbocycles. The summed E-state index contributed by atoms with van der Waals surface area (Å²) in [6.45, 7) is 4.79. The lowest BCUT2D eigenvalue weighted by Gasteiger charge is -2.15. The van der Waals surface area contributed by atoms with Crippen molar-refractivity contribution < 1.29 is 14.2 Å². The van der Waals surface area contributed by atoms with E-state index in [-0.39, 0.29) is 12.4 Å². The Morgan fingerprint density at radius 3 is 2.21 bits per heavy atom. The summed E-state index contributed by atoms with van der Waals surface area (Å²) in [6, 6.07) is 3.86. The minimum Gasteiger partial charge on any atom is -0.493 e. The summed E-state index contributed by atoms with van der Waals surface area (Å²) in [4.78, 5) is 0. The number of ether oxygens (including phenoxy) is 3. The van der Waals surface area contributed by atoms with Gasteiger partial charge >= 0.3 is 0 Å². The second kappa shape index (κ2) is 9.53. The van der Waals surface area contributed by atoms with Crippen LogP contribution in [0.25, 0.3) is 0 Å². The number of hydrogen-bond donors (Lipinski definition) is 1. The van der Waals surface area contributed by atoms with Gasteiger partial charge in [-0.25, -0.2) is 0 Å². The van der Waals surface area contributed by atoms with Crippen LogP contribution in [-0.4, -0.2) is 27.4 Å². The lowest BCUT2D eigenvalue weighted by atomic mass is 10.1. The van der Waals surface area contributed by atoms with Crippen LogP contribution in [0.15, 0.2) is 24.8 Å². The van der Waals surface area contributed by atoms with Crippen molar-refractivity contribution in [2.75, 3.05) is 27.4 Å². The lowest BCUT2D eigenvalue weighted by molar-refractivity contribution is 0.279. The van der Waals surface area contributed by atoms with Crippen molar-refractivity contribution in [3.05, 3.63) is 30.4 Å². The van der Waals surface area contributed by atoms with Gasteiger partial charge in [0.25, 0.3) is 0 Å². The zero-order valence-electron chi connectivity index (χ0n) is 11.5. The third kappa shape index (κ3) is 5.01. The average molecular weight is 288 g/mol. The minimum atomic E-state index is 0. The zero-order valence-corrected chi connectivity index (χ0v) is 12.3. The van der Waals surface area contributed by atoms with Gasteiger partial charge in [-0.2, -0.15) is 0 Å². The molecule has 1 rings (SSSR count). The second-order valence-electron chi connectivity index (χ2n) is 3.79. The smallest absolute Gasteiger partial charge is 0.203 e. The highest BCUT2D eigenvalue weighted by molar-refractivity contribution is 5.85. The molecule has 0 heterocycles. The van der Waals surface area contributed by atoms with Crippen LogP contribution in [0.2, 0.25) is 0 Å². The summed E-state index contributed by atoms with van der Waals surface area (Å²) < 4.78 is 16.3. The maximum atomic E-state index is 5.67. The topological polar surface area (TPSA) is 53.7 Å². The van der Waals surface area contributed by atoms with E-state index in [1.807, 2.05) is 18.2 Å². The number of benzene rings is 1. The van der Waals surface area contributed by atoms with Crippen molar-refractivity contribution in [3.8, 4) is 17.2 Å². The molecule has 0 bridgehead atoms. The highest BCUT2D eigenvalue weighted by Crippen LogP contribution is 2.38. The molecule has 0 aliphatic rings. The fourth-order valence-corrected chi connectivity index (χ4v) is 1.63. The fraction of sp³-hybridized carbons (Fsp3) is 0.429. The summed E-state index contributed by atoms with van der Waals surface area (Å²) in [7, 11) is 3.22. The molecule has 0 aliphatic heterocycles. The normalized spacial score (nSPS) is 9.42. The van der Waals surface area contributed by atoms with Crippen LogP contribution in [0, 0.1) is 0 Å². The molecular formula is C14H22ClNO3. The van der Waals surface area contributed by atoms with E-state index in [9.17, 15) is 0 Å². The van der Waals surface area contributed by atoms with Crippen molar-refractivity contribution >= 4 is 12.4 Å². The number of hydrogen-bond acceptors (Lipinski definition) is 4. The Balaban J connectivity index is 0.00000324. The van der Waals surface area contributed by atoms with E-state index in [4.69, 9.17) is 19.9 Å². The molecule has 108 valence electrons. The Kier molecular flexibility index (Phi) is 8.83. The van der Waals surface area contributed by atoms with Crippen molar-refractivity contribution in [2.45, 2.75) is 12.8 Å². The van der Waals surface area contributed by atoms with Gasteiger partial charge < -0.3 is 19.9 Å². The number of rotatable bonds is 8. The molecule has 1 aromatic rings. The van der Waals surface area contributed by atoms with E-state index >= 15 is 0 Å². The standard InChI is InChI=1S/C14H21NO3.ClH/c1-4-5-8-18-14-12(16-2)9-11(6-7-15)10-13(14)17-3;/h4,9-10H,1,5-8,15H2,2-3H3;1H. The van der Waals surface area contributed by atoms with Gasteiger partial charge in [0.2, 0.25) is 5.75 Å². The molecule has 0 radical (unpaired) electrons. The summed E-state index contributed by atoms with van der Waals surface area (Å²) in [6.07, 6.45) is 3.36. The van der Waals surface area contributed by atoms with Crippen molar-refractivity contribution in [1.29, 1.82) is 0 Å². The maximum absolute atomic E-state index is 5.67. The van der Waals surface area contributed by atoms with Crippen LogP contribution in [0.4, 0.5) is 0 Å². The highest BCUT2D eigenvalue weighted by Gasteiger charge is 2.13. The molecule has 19 heavy (non-hydrogen) atoms.